The highest BCUT2D eigenvalue weighted by Gasteiger charge is 2.50. The van der Waals surface area contributed by atoms with Crippen molar-refractivity contribution in [3.8, 4) is 11.5 Å². The van der Waals surface area contributed by atoms with Gasteiger partial charge in [0.2, 0.25) is 0 Å². The van der Waals surface area contributed by atoms with Crippen LogP contribution in [0.2, 0.25) is 0 Å². The number of rotatable bonds is 5. The summed E-state index contributed by atoms with van der Waals surface area (Å²) in [7, 11) is 1.66. The van der Waals surface area contributed by atoms with E-state index in [1.165, 1.54) is 0 Å². The Morgan fingerprint density at radius 1 is 1.13 bits per heavy atom. The molecule has 2 aromatic carbocycles. The lowest BCUT2D eigenvalue weighted by atomic mass is 9.66. The number of hydrogen-bond acceptors (Lipinski definition) is 4. The quantitative estimate of drug-likeness (QED) is 0.764. The van der Waals surface area contributed by atoms with Gasteiger partial charge in [-0.05, 0) is 62.4 Å². The SMILES string of the molecule is COc1ccccc1[C@@H]1[C@H]2CCCC[C@@]2(O)CCN1C(=O)COc1cc(C)cc(C)c1. The zero-order chi connectivity index (χ0) is 22.0. The predicted octanol–water partition coefficient (Wildman–Crippen LogP) is 4.59. The van der Waals surface area contributed by atoms with Crippen LogP contribution >= 0.6 is 0 Å². The van der Waals surface area contributed by atoms with Crippen molar-refractivity contribution in [2.75, 3.05) is 20.3 Å². The molecule has 1 aliphatic heterocycles. The Labute approximate surface area is 185 Å². The van der Waals surface area contributed by atoms with Crippen molar-refractivity contribution in [2.24, 2.45) is 5.92 Å². The molecule has 4 rings (SSSR count). The van der Waals surface area contributed by atoms with Crippen LogP contribution in [-0.2, 0) is 4.79 Å². The van der Waals surface area contributed by atoms with Gasteiger partial charge in [0.25, 0.3) is 5.91 Å². The average molecular weight is 424 g/mol. The maximum atomic E-state index is 13.4. The first-order chi connectivity index (χ1) is 14.9. The normalized spacial score (nSPS) is 25.6. The third-order valence-electron chi connectivity index (χ3n) is 6.90. The lowest BCUT2D eigenvalue weighted by molar-refractivity contribution is -0.157. The molecular formula is C26H33NO4. The second-order valence-corrected chi connectivity index (χ2v) is 9.09. The van der Waals surface area contributed by atoms with Crippen LogP contribution in [0.15, 0.2) is 42.5 Å². The summed E-state index contributed by atoms with van der Waals surface area (Å²) in [5.41, 5.74) is 2.46. The Hall–Kier alpha value is -2.53. The highest BCUT2D eigenvalue weighted by molar-refractivity contribution is 5.78. The summed E-state index contributed by atoms with van der Waals surface area (Å²) < 4.78 is 11.5. The molecule has 2 aromatic rings. The van der Waals surface area contributed by atoms with E-state index < -0.39 is 5.60 Å². The summed E-state index contributed by atoms with van der Waals surface area (Å²) in [6.45, 7) is 4.55. The molecule has 0 radical (unpaired) electrons. The number of benzene rings is 2. The van der Waals surface area contributed by atoms with E-state index in [0.29, 0.717) is 18.7 Å². The van der Waals surface area contributed by atoms with Gasteiger partial charge in [-0.1, -0.05) is 37.1 Å². The molecule has 0 unspecified atom stereocenters. The Balaban J connectivity index is 1.62. The molecule has 2 aliphatic rings. The minimum absolute atomic E-state index is 0.00327. The smallest absolute Gasteiger partial charge is 0.261 e. The van der Waals surface area contributed by atoms with Gasteiger partial charge in [-0.2, -0.15) is 0 Å². The largest absolute Gasteiger partial charge is 0.496 e. The van der Waals surface area contributed by atoms with Crippen LogP contribution in [0.1, 0.15) is 54.8 Å². The van der Waals surface area contributed by atoms with Gasteiger partial charge in [0.15, 0.2) is 6.61 Å². The molecule has 166 valence electrons. The standard InChI is InChI=1S/C26H33NO4/c1-18-14-19(2)16-20(15-18)31-17-24(28)27-13-12-26(29)11-7-6-9-22(26)25(27)21-8-4-5-10-23(21)30-3/h4-5,8,10,14-16,22,25,29H,6-7,9,11-13,17H2,1-3H3/t22-,25-,26-/m1/s1. The molecule has 31 heavy (non-hydrogen) atoms. The second kappa shape index (κ2) is 8.91. The number of ether oxygens (including phenoxy) is 2. The summed E-state index contributed by atoms with van der Waals surface area (Å²) in [4.78, 5) is 15.3. The summed E-state index contributed by atoms with van der Waals surface area (Å²) in [5, 5.41) is 11.4. The summed E-state index contributed by atoms with van der Waals surface area (Å²) in [6, 6.07) is 13.6. The molecular weight excluding hydrogens is 390 g/mol. The first-order valence-corrected chi connectivity index (χ1v) is 11.3. The maximum absolute atomic E-state index is 13.4. The van der Waals surface area contributed by atoms with Crippen molar-refractivity contribution in [1.29, 1.82) is 0 Å². The first-order valence-electron chi connectivity index (χ1n) is 11.3. The molecule has 1 N–H and O–H groups in total. The number of carbonyl (C=O) groups excluding carboxylic acids is 1. The minimum atomic E-state index is -0.727. The molecule has 1 saturated heterocycles. The molecule has 1 heterocycles. The fraction of sp³-hybridized carbons (Fsp3) is 0.500. The van der Waals surface area contributed by atoms with Gasteiger partial charge in [0.1, 0.15) is 11.5 Å². The van der Waals surface area contributed by atoms with Gasteiger partial charge in [0.05, 0.1) is 18.8 Å². The van der Waals surface area contributed by atoms with E-state index >= 15 is 0 Å². The molecule has 0 bridgehead atoms. The Morgan fingerprint density at radius 3 is 2.61 bits per heavy atom. The van der Waals surface area contributed by atoms with E-state index in [1.54, 1.807) is 7.11 Å². The summed E-state index contributed by atoms with van der Waals surface area (Å²) in [6.07, 6.45) is 4.42. The zero-order valence-electron chi connectivity index (χ0n) is 18.8. The number of para-hydroxylation sites is 1. The average Bonchev–Trinajstić information content (AvgIpc) is 2.75. The number of aryl methyl sites for hydroxylation is 2. The molecule has 0 aromatic heterocycles. The van der Waals surface area contributed by atoms with Crippen LogP contribution in [0, 0.1) is 19.8 Å². The van der Waals surface area contributed by atoms with E-state index in [2.05, 4.69) is 6.07 Å². The molecule has 1 saturated carbocycles. The zero-order valence-corrected chi connectivity index (χ0v) is 18.8. The second-order valence-electron chi connectivity index (χ2n) is 9.09. The number of nitrogens with zero attached hydrogens (tertiary/aromatic N) is 1. The number of aliphatic hydroxyl groups is 1. The molecule has 5 heteroatoms. The van der Waals surface area contributed by atoms with Crippen molar-refractivity contribution in [1.82, 2.24) is 4.90 Å². The van der Waals surface area contributed by atoms with E-state index in [9.17, 15) is 9.90 Å². The fourth-order valence-electron chi connectivity index (χ4n) is 5.50. The molecule has 0 spiro atoms. The number of likely N-dealkylation sites (tertiary alicyclic amines) is 1. The Kier molecular flexibility index (Phi) is 6.24. The van der Waals surface area contributed by atoms with E-state index in [0.717, 1.165) is 48.1 Å². The maximum Gasteiger partial charge on any atom is 0.261 e. The molecule has 5 nitrogen and oxygen atoms in total. The molecule has 1 amide bonds. The van der Waals surface area contributed by atoms with Gasteiger partial charge < -0.3 is 19.5 Å². The van der Waals surface area contributed by atoms with E-state index in [1.807, 2.05) is 55.1 Å². The lowest BCUT2D eigenvalue weighted by Gasteiger charge is -2.52. The van der Waals surface area contributed by atoms with Crippen molar-refractivity contribution in [3.63, 3.8) is 0 Å². The number of fused-ring (bicyclic) bond motifs is 1. The van der Waals surface area contributed by atoms with Crippen LogP contribution in [0.25, 0.3) is 0 Å². The topological polar surface area (TPSA) is 59.0 Å². The van der Waals surface area contributed by atoms with Gasteiger partial charge in [-0.15, -0.1) is 0 Å². The number of piperidine rings is 1. The Bertz CT molecular complexity index is 923. The fourth-order valence-corrected chi connectivity index (χ4v) is 5.50. The predicted molar refractivity (Wildman–Crippen MR) is 120 cm³/mol. The van der Waals surface area contributed by atoms with Crippen LogP contribution < -0.4 is 9.47 Å². The van der Waals surface area contributed by atoms with E-state index in [-0.39, 0.29) is 24.5 Å². The van der Waals surface area contributed by atoms with Crippen LogP contribution in [0.5, 0.6) is 11.5 Å². The van der Waals surface area contributed by atoms with Gasteiger partial charge >= 0.3 is 0 Å². The molecule has 1 aliphatic carbocycles. The van der Waals surface area contributed by atoms with Gasteiger partial charge in [-0.25, -0.2) is 0 Å². The van der Waals surface area contributed by atoms with Crippen molar-refractivity contribution in [3.05, 3.63) is 59.2 Å². The highest BCUT2D eigenvalue weighted by Crippen LogP contribution is 2.50. The number of carbonyl (C=O) groups is 1. The van der Waals surface area contributed by atoms with Crippen molar-refractivity contribution in [2.45, 2.75) is 57.6 Å². The third-order valence-corrected chi connectivity index (χ3v) is 6.90. The highest BCUT2D eigenvalue weighted by atomic mass is 16.5. The number of hydrogen-bond donors (Lipinski definition) is 1. The van der Waals surface area contributed by atoms with Gasteiger partial charge in [0, 0.05) is 18.0 Å². The molecule has 2 fully saturated rings. The van der Waals surface area contributed by atoms with Crippen molar-refractivity contribution >= 4 is 5.91 Å². The van der Waals surface area contributed by atoms with Crippen molar-refractivity contribution < 1.29 is 19.4 Å². The first kappa shape index (κ1) is 21.7. The monoisotopic (exact) mass is 423 g/mol. The van der Waals surface area contributed by atoms with E-state index in [4.69, 9.17) is 9.47 Å². The number of methoxy groups -OCH3 is 1. The lowest BCUT2D eigenvalue weighted by Crippen LogP contribution is -2.57. The van der Waals surface area contributed by atoms with Crippen LogP contribution in [0.3, 0.4) is 0 Å². The minimum Gasteiger partial charge on any atom is -0.496 e. The number of amides is 1. The summed E-state index contributed by atoms with van der Waals surface area (Å²) in [5.74, 6) is 1.42. The third kappa shape index (κ3) is 4.42. The molecule has 3 atom stereocenters. The van der Waals surface area contributed by atoms with Gasteiger partial charge in [-0.3, -0.25) is 4.79 Å². The van der Waals surface area contributed by atoms with Crippen LogP contribution in [-0.4, -0.2) is 41.8 Å². The van der Waals surface area contributed by atoms with Crippen LogP contribution in [0.4, 0.5) is 0 Å². The Morgan fingerprint density at radius 2 is 1.87 bits per heavy atom. The summed E-state index contributed by atoms with van der Waals surface area (Å²) >= 11 is 0.